The third-order valence-electron chi connectivity index (χ3n) is 4.25. The lowest BCUT2D eigenvalue weighted by Gasteiger charge is -2.17. The molecule has 1 fully saturated rings. The summed E-state index contributed by atoms with van der Waals surface area (Å²) in [5.41, 5.74) is 1.59. The van der Waals surface area contributed by atoms with Crippen LogP contribution in [-0.2, 0) is 16.1 Å². The molecule has 25 heavy (non-hydrogen) atoms. The fourth-order valence-electron chi connectivity index (χ4n) is 2.84. The molecule has 6 nitrogen and oxygen atoms in total. The monoisotopic (exact) mass is 340 g/mol. The molecule has 6 heteroatoms. The zero-order chi connectivity index (χ0) is 17.8. The Morgan fingerprint density at radius 2 is 1.88 bits per heavy atom. The van der Waals surface area contributed by atoms with Gasteiger partial charge in [-0.1, -0.05) is 12.1 Å². The van der Waals surface area contributed by atoms with Gasteiger partial charge in [0.15, 0.2) is 0 Å². The van der Waals surface area contributed by atoms with Crippen LogP contribution in [0.5, 0.6) is 11.5 Å². The molecule has 2 N–H and O–H groups in total. The Kier molecular flexibility index (Phi) is 4.88. The number of hydrogen-bond donors (Lipinski definition) is 2. The Bertz CT molecular complexity index is 756. The van der Waals surface area contributed by atoms with Crippen LogP contribution in [0.25, 0.3) is 0 Å². The molecule has 0 bridgehead atoms. The summed E-state index contributed by atoms with van der Waals surface area (Å²) >= 11 is 0. The van der Waals surface area contributed by atoms with Crippen molar-refractivity contribution >= 4 is 17.5 Å². The number of amides is 2. The van der Waals surface area contributed by atoms with Crippen molar-refractivity contribution in [2.24, 2.45) is 5.92 Å². The Balaban J connectivity index is 1.59. The number of phenols is 1. The van der Waals surface area contributed by atoms with Crippen molar-refractivity contribution in [3.63, 3.8) is 0 Å². The summed E-state index contributed by atoms with van der Waals surface area (Å²) in [5, 5.41) is 12.1. The van der Waals surface area contributed by atoms with E-state index in [9.17, 15) is 14.7 Å². The van der Waals surface area contributed by atoms with E-state index < -0.39 is 0 Å². The molecule has 3 rings (SSSR count). The fraction of sp³-hybridized carbons (Fsp3) is 0.263. The molecule has 1 unspecified atom stereocenters. The number of hydrogen-bond acceptors (Lipinski definition) is 4. The van der Waals surface area contributed by atoms with Gasteiger partial charge in [0, 0.05) is 25.2 Å². The number of benzene rings is 2. The van der Waals surface area contributed by atoms with E-state index in [4.69, 9.17) is 4.74 Å². The van der Waals surface area contributed by atoms with Crippen molar-refractivity contribution in [3.05, 3.63) is 54.1 Å². The zero-order valence-corrected chi connectivity index (χ0v) is 13.9. The summed E-state index contributed by atoms with van der Waals surface area (Å²) in [6.45, 7) is 0.876. The molecule has 0 spiro atoms. The second-order valence-electron chi connectivity index (χ2n) is 6.06. The molecule has 2 aromatic rings. The Hall–Kier alpha value is -3.02. The molecule has 1 saturated heterocycles. The second-order valence-corrected chi connectivity index (χ2v) is 6.06. The largest absolute Gasteiger partial charge is 0.508 e. The van der Waals surface area contributed by atoms with Gasteiger partial charge in [0.1, 0.15) is 11.5 Å². The zero-order valence-electron chi connectivity index (χ0n) is 13.9. The van der Waals surface area contributed by atoms with Crippen molar-refractivity contribution in [2.75, 3.05) is 19.0 Å². The quantitative estimate of drug-likeness (QED) is 0.819. The number of ether oxygens (including phenoxy) is 1. The molecule has 0 aromatic heterocycles. The average Bonchev–Trinajstić information content (AvgIpc) is 2.98. The van der Waals surface area contributed by atoms with Gasteiger partial charge in [-0.3, -0.25) is 9.59 Å². The van der Waals surface area contributed by atoms with Gasteiger partial charge in [0.05, 0.1) is 13.0 Å². The van der Waals surface area contributed by atoms with E-state index in [-0.39, 0.29) is 29.9 Å². The van der Waals surface area contributed by atoms with Gasteiger partial charge in [-0.05, 0) is 42.0 Å². The molecule has 0 aliphatic carbocycles. The first-order valence-electron chi connectivity index (χ1n) is 8.06. The SMILES string of the molecule is COc1ccc(CN2CC(C(=O)Nc3ccc(O)cc3)CC2=O)cc1. The smallest absolute Gasteiger partial charge is 0.229 e. The second kappa shape index (κ2) is 7.25. The third kappa shape index (κ3) is 4.09. The number of methoxy groups -OCH3 is 1. The maximum absolute atomic E-state index is 12.4. The molecule has 1 aliphatic heterocycles. The van der Waals surface area contributed by atoms with Crippen LogP contribution in [0.2, 0.25) is 0 Å². The van der Waals surface area contributed by atoms with Crippen molar-refractivity contribution in [1.29, 1.82) is 0 Å². The van der Waals surface area contributed by atoms with Crippen LogP contribution in [0.1, 0.15) is 12.0 Å². The number of rotatable bonds is 5. The number of anilines is 1. The van der Waals surface area contributed by atoms with Crippen molar-refractivity contribution in [3.8, 4) is 11.5 Å². The standard InChI is InChI=1S/C19H20N2O4/c1-25-17-8-2-13(3-9-17)11-21-12-14(10-18(21)23)19(24)20-15-4-6-16(22)7-5-15/h2-9,14,22H,10-12H2,1H3,(H,20,24). The third-order valence-corrected chi connectivity index (χ3v) is 4.25. The minimum Gasteiger partial charge on any atom is -0.508 e. The maximum atomic E-state index is 12.4. The Morgan fingerprint density at radius 1 is 1.20 bits per heavy atom. The topological polar surface area (TPSA) is 78.9 Å². The van der Waals surface area contributed by atoms with Crippen molar-refractivity contribution in [2.45, 2.75) is 13.0 Å². The minimum atomic E-state index is -0.375. The van der Waals surface area contributed by atoms with Crippen LogP contribution < -0.4 is 10.1 Å². The first-order chi connectivity index (χ1) is 12.0. The van der Waals surface area contributed by atoms with Crippen LogP contribution in [0.15, 0.2) is 48.5 Å². The summed E-state index contributed by atoms with van der Waals surface area (Å²) in [5.74, 6) is 0.319. The van der Waals surface area contributed by atoms with E-state index in [1.54, 1.807) is 24.1 Å². The fourth-order valence-corrected chi connectivity index (χ4v) is 2.84. The van der Waals surface area contributed by atoms with E-state index in [2.05, 4.69) is 5.32 Å². The molecule has 0 radical (unpaired) electrons. The van der Waals surface area contributed by atoms with E-state index in [0.29, 0.717) is 18.8 Å². The first-order valence-corrected chi connectivity index (χ1v) is 8.06. The van der Waals surface area contributed by atoms with Crippen LogP contribution in [-0.4, -0.2) is 35.5 Å². The lowest BCUT2D eigenvalue weighted by atomic mass is 10.1. The molecule has 2 amide bonds. The van der Waals surface area contributed by atoms with Crippen molar-refractivity contribution in [1.82, 2.24) is 4.90 Å². The molecular formula is C19H20N2O4. The molecule has 1 heterocycles. The molecule has 1 aliphatic rings. The summed E-state index contributed by atoms with van der Waals surface area (Å²) < 4.78 is 5.12. The number of carbonyl (C=O) groups is 2. The summed E-state index contributed by atoms with van der Waals surface area (Å²) in [4.78, 5) is 26.3. The molecular weight excluding hydrogens is 320 g/mol. The number of aromatic hydroxyl groups is 1. The Labute approximate surface area is 146 Å². The Morgan fingerprint density at radius 3 is 2.52 bits per heavy atom. The number of carbonyl (C=O) groups excluding carboxylic acids is 2. The maximum Gasteiger partial charge on any atom is 0.229 e. The molecule has 2 aromatic carbocycles. The van der Waals surface area contributed by atoms with E-state index in [1.807, 2.05) is 24.3 Å². The predicted octanol–water partition coefficient (Wildman–Crippen LogP) is 2.39. The van der Waals surface area contributed by atoms with Crippen molar-refractivity contribution < 1.29 is 19.4 Å². The molecule has 1 atom stereocenters. The number of nitrogens with zero attached hydrogens (tertiary/aromatic N) is 1. The summed E-state index contributed by atoms with van der Waals surface area (Å²) in [6, 6.07) is 13.8. The van der Waals surface area contributed by atoms with E-state index >= 15 is 0 Å². The highest BCUT2D eigenvalue weighted by Crippen LogP contribution is 2.23. The lowest BCUT2D eigenvalue weighted by molar-refractivity contribution is -0.128. The van der Waals surface area contributed by atoms with Gasteiger partial charge >= 0.3 is 0 Å². The summed E-state index contributed by atoms with van der Waals surface area (Å²) in [6.07, 6.45) is 0.208. The highest BCUT2D eigenvalue weighted by atomic mass is 16.5. The van der Waals surface area contributed by atoms with Crippen LogP contribution in [0, 0.1) is 5.92 Å². The highest BCUT2D eigenvalue weighted by Gasteiger charge is 2.34. The van der Waals surface area contributed by atoms with Gasteiger partial charge in [0.25, 0.3) is 0 Å². The van der Waals surface area contributed by atoms with Crippen LogP contribution >= 0.6 is 0 Å². The van der Waals surface area contributed by atoms with Gasteiger partial charge in [0.2, 0.25) is 11.8 Å². The van der Waals surface area contributed by atoms with Gasteiger partial charge in [-0.25, -0.2) is 0 Å². The van der Waals surface area contributed by atoms with Crippen LogP contribution in [0.3, 0.4) is 0 Å². The average molecular weight is 340 g/mol. The first kappa shape index (κ1) is 16.8. The minimum absolute atomic E-state index is 0.0262. The van der Waals surface area contributed by atoms with E-state index in [1.165, 1.54) is 12.1 Å². The van der Waals surface area contributed by atoms with E-state index in [0.717, 1.165) is 11.3 Å². The number of phenolic OH excluding ortho intramolecular Hbond substituents is 1. The highest BCUT2D eigenvalue weighted by molar-refractivity contribution is 5.97. The van der Waals surface area contributed by atoms with Gasteiger partial charge in [-0.15, -0.1) is 0 Å². The van der Waals surface area contributed by atoms with Gasteiger partial charge < -0.3 is 20.1 Å². The number of nitrogens with one attached hydrogen (secondary N) is 1. The molecule has 0 saturated carbocycles. The normalized spacial score (nSPS) is 16.8. The van der Waals surface area contributed by atoms with Crippen LogP contribution in [0.4, 0.5) is 5.69 Å². The van der Waals surface area contributed by atoms with Gasteiger partial charge in [-0.2, -0.15) is 0 Å². The molecule has 130 valence electrons. The summed E-state index contributed by atoms with van der Waals surface area (Å²) in [7, 11) is 1.61. The predicted molar refractivity (Wildman–Crippen MR) is 93.3 cm³/mol. The number of likely N-dealkylation sites (tertiary alicyclic amines) is 1. The lowest BCUT2D eigenvalue weighted by Crippen LogP contribution is -2.28.